The van der Waals surface area contributed by atoms with Gasteiger partial charge in [-0.25, -0.2) is 4.68 Å². The number of rotatable bonds is 6. The minimum Gasteiger partial charge on any atom is -0.346 e. The molecule has 3 aromatic rings. The molecule has 1 aromatic heterocycles. The maximum absolute atomic E-state index is 6.00. The van der Waals surface area contributed by atoms with Gasteiger partial charge in [-0.15, -0.1) is 5.10 Å². The SMILES string of the molecule is C=CC(OCC)(C(=S)Nc1ccccc1)n1nnc2ccccc21. The summed E-state index contributed by atoms with van der Waals surface area (Å²) in [4.78, 5) is 0.446. The summed E-state index contributed by atoms with van der Waals surface area (Å²) in [5.74, 6) is 0. The monoisotopic (exact) mass is 338 g/mol. The molecule has 24 heavy (non-hydrogen) atoms. The molecule has 0 aliphatic carbocycles. The highest BCUT2D eigenvalue weighted by atomic mass is 32.1. The van der Waals surface area contributed by atoms with Gasteiger partial charge >= 0.3 is 0 Å². The van der Waals surface area contributed by atoms with Gasteiger partial charge in [-0.05, 0) is 37.3 Å². The highest BCUT2D eigenvalue weighted by molar-refractivity contribution is 7.80. The van der Waals surface area contributed by atoms with Crippen molar-refractivity contribution in [2.45, 2.75) is 12.6 Å². The summed E-state index contributed by atoms with van der Waals surface area (Å²) in [6, 6.07) is 17.4. The number of benzene rings is 2. The number of anilines is 1. The summed E-state index contributed by atoms with van der Waals surface area (Å²) in [7, 11) is 0. The molecule has 1 N–H and O–H groups in total. The number of hydrogen-bond donors (Lipinski definition) is 1. The van der Waals surface area contributed by atoms with Crippen LogP contribution >= 0.6 is 12.2 Å². The Balaban J connectivity index is 2.07. The number of para-hydroxylation sites is 2. The van der Waals surface area contributed by atoms with Crippen molar-refractivity contribution in [3.05, 3.63) is 67.3 Å². The lowest BCUT2D eigenvalue weighted by molar-refractivity contribution is -0.00971. The van der Waals surface area contributed by atoms with E-state index in [0.717, 1.165) is 16.7 Å². The molecule has 1 unspecified atom stereocenters. The van der Waals surface area contributed by atoms with E-state index in [0.29, 0.717) is 11.6 Å². The second-order valence-corrected chi connectivity index (χ2v) is 5.55. The lowest BCUT2D eigenvalue weighted by atomic mass is 10.2. The first-order valence-corrected chi connectivity index (χ1v) is 8.07. The number of fused-ring (bicyclic) bond motifs is 1. The molecule has 0 aliphatic rings. The van der Waals surface area contributed by atoms with E-state index in [2.05, 4.69) is 22.2 Å². The van der Waals surface area contributed by atoms with Gasteiger partial charge in [-0.2, -0.15) is 0 Å². The van der Waals surface area contributed by atoms with Crippen molar-refractivity contribution in [3.63, 3.8) is 0 Å². The van der Waals surface area contributed by atoms with Gasteiger partial charge in [0.25, 0.3) is 0 Å². The van der Waals surface area contributed by atoms with Crippen LogP contribution in [0.2, 0.25) is 0 Å². The molecule has 0 spiro atoms. The average Bonchev–Trinajstić information content (AvgIpc) is 3.05. The van der Waals surface area contributed by atoms with Gasteiger partial charge in [0.2, 0.25) is 5.72 Å². The predicted molar refractivity (Wildman–Crippen MR) is 100.0 cm³/mol. The number of thiocarbonyl (C=S) groups is 1. The molecule has 0 aliphatic heterocycles. The molecule has 0 saturated heterocycles. The Morgan fingerprint density at radius 3 is 2.67 bits per heavy atom. The van der Waals surface area contributed by atoms with Crippen molar-refractivity contribution in [1.82, 2.24) is 15.0 Å². The van der Waals surface area contributed by atoms with Crippen LogP contribution in [-0.2, 0) is 10.5 Å². The number of ether oxygens (including phenoxy) is 1. The van der Waals surface area contributed by atoms with Crippen LogP contribution in [0.25, 0.3) is 11.0 Å². The van der Waals surface area contributed by atoms with Crippen molar-refractivity contribution >= 4 is 33.9 Å². The Kier molecular flexibility index (Phi) is 4.69. The minimum atomic E-state index is -1.12. The Hall–Kier alpha value is -2.57. The smallest absolute Gasteiger partial charge is 0.233 e. The molecular formula is C18H18N4OS. The van der Waals surface area contributed by atoms with Crippen molar-refractivity contribution in [1.29, 1.82) is 0 Å². The lowest BCUT2D eigenvalue weighted by Gasteiger charge is -2.31. The van der Waals surface area contributed by atoms with E-state index >= 15 is 0 Å². The lowest BCUT2D eigenvalue weighted by Crippen LogP contribution is -2.46. The van der Waals surface area contributed by atoms with E-state index in [1.54, 1.807) is 10.8 Å². The molecule has 3 rings (SSSR count). The second kappa shape index (κ2) is 6.90. The first-order valence-electron chi connectivity index (χ1n) is 7.66. The van der Waals surface area contributed by atoms with Crippen LogP contribution in [0, 0.1) is 0 Å². The van der Waals surface area contributed by atoms with Gasteiger partial charge in [-0.3, -0.25) is 0 Å². The van der Waals surface area contributed by atoms with E-state index in [1.807, 2.05) is 61.5 Å². The Labute approximate surface area is 145 Å². The van der Waals surface area contributed by atoms with Crippen LogP contribution < -0.4 is 5.32 Å². The molecule has 6 heteroatoms. The first kappa shape index (κ1) is 16.3. The zero-order chi connectivity index (χ0) is 17.0. The summed E-state index contributed by atoms with van der Waals surface area (Å²) in [6.45, 7) is 6.28. The van der Waals surface area contributed by atoms with Crippen LogP contribution in [0.4, 0.5) is 5.69 Å². The summed E-state index contributed by atoms with van der Waals surface area (Å²) in [6.07, 6.45) is 1.65. The fraction of sp³-hybridized carbons (Fsp3) is 0.167. The van der Waals surface area contributed by atoms with Crippen molar-refractivity contribution < 1.29 is 4.74 Å². The molecule has 0 bridgehead atoms. The van der Waals surface area contributed by atoms with Crippen LogP contribution in [0.5, 0.6) is 0 Å². The molecule has 0 fully saturated rings. The fourth-order valence-electron chi connectivity index (χ4n) is 2.54. The largest absolute Gasteiger partial charge is 0.346 e. The van der Waals surface area contributed by atoms with Gasteiger partial charge in [0, 0.05) is 12.3 Å². The molecule has 5 nitrogen and oxygen atoms in total. The fourth-order valence-corrected chi connectivity index (χ4v) is 2.88. The Morgan fingerprint density at radius 2 is 1.96 bits per heavy atom. The van der Waals surface area contributed by atoms with Crippen molar-refractivity contribution in [2.75, 3.05) is 11.9 Å². The zero-order valence-electron chi connectivity index (χ0n) is 13.3. The number of nitrogens with one attached hydrogen (secondary N) is 1. The Bertz CT molecular complexity index is 862. The third kappa shape index (κ3) is 2.81. The predicted octanol–water partition coefficient (Wildman–Crippen LogP) is 3.75. The quantitative estimate of drug-likeness (QED) is 0.548. The van der Waals surface area contributed by atoms with Gasteiger partial charge in [-0.1, -0.05) is 54.3 Å². The van der Waals surface area contributed by atoms with E-state index < -0.39 is 5.72 Å². The molecule has 2 aromatic carbocycles. The second-order valence-electron chi connectivity index (χ2n) is 5.14. The van der Waals surface area contributed by atoms with Crippen LogP contribution in [0.15, 0.2) is 67.3 Å². The summed E-state index contributed by atoms with van der Waals surface area (Å²) in [5, 5.41) is 11.7. The third-order valence-corrected chi connectivity index (χ3v) is 4.06. The van der Waals surface area contributed by atoms with Crippen LogP contribution in [0.3, 0.4) is 0 Å². The van der Waals surface area contributed by atoms with E-state index in [1.165, 1.54) is 0 Å². The summed E-state index contributed by atoms with van der Waals surface area (Å²) < 4.78 is 7.67. The first-order chi connectivity index (χ1) is 11.7. The van der Waals surface area contributed by atoms with E-state index in [-0.39, 0.29) is 0 Å². The van der Waals surface area contributed by atoms with Crippen molar-refractivity contribution in [3.8, 4) is 0 Å². The topological polar surface area (TPSA) is 52.0 Å². The molecule has 0 saturated carbocycles. The highest BCUT2D eigenvalue weighted by Gasteiger charge is 2.37. The summed E-state index contributed by atoms with van der Waals surface area (Å²) >= 11 is 5.65. The maximum Gasteiger partial charge on any atom is 0.233 e. The standard InChI is InChI=1S/C18H18N4OS/c1-3-18(23-4-2,17(24)19-14-10-6-5-7-11-14)22-16-13-9-8-12-15(16)20-21-22/h3,5-13H,1,4H2,2H3,(H,19,24). The number of aromatic nitrogens is 3. The normalized spacial score (nSPS) is 13.4. The van der Waals surface area contributed by atoms with Crippen LogP contribution in [-0.4, -0.2) is 26.6 Å². The van der Waals surface area contributed by atoms with Crippen molar-refractivity contribution in [2.24, 2.45) is 0 Å². The van der Waals surface area contributed by atoms with Gasteiger partial charge < -0.3 is 10.1 Å². The van der Waals surface area contributed by atoms with E-state index in [4.69, 9.17) is 17.0 Å². The highest BCUT2D eigenvalue weighted by Crippen LogP contribution is 2.27. The Morgan fingerprint density at radius 1 is 1.25 bits per heavy atom. The average molecular weight is 338 g/mol. The zero-order valence-corrected chi connectivity index (χ0v) is 14.2. The minimum absolute atomic E-state index is 0.441. The number of hydrogen-bond acceptors (Lipinski definition) is 4. The van der Waals surface area contributed by atoms with Gasteiger partial charge in [0.05, 0.1) is 5.52 Å². The molecule has 1 heterocycles. The molecule has 0 radical (unpaired) electrons. The summed E-state index contributed by atoms with van der Waals surface area (Å²) in [5.41, 5.74) is 1.35. The molecule has 1 atom stereocenters. The third-order valence-electron chi connectivity index (χ3n) is 3.66. The van der Waals surface area contributed by atoms with Gasteiger partial charge in [0.15, 0.2) is 0 Å². The molecular weight excluding hydrogens is 320 g/mol. The maximum atomic E-state index is 6.00. The van der Waals surface area contributed by atoms with Crippen LogP contribution in [0.1, 0.15) is 6.92 Å². The molecule has 122 valence electrons. The number of nitrogens with zero attached hydrogens (tertiary/aromatic N) is 3. The molecule has 0 amide bonds. The van der Waals surface area contributed by atoms with Gasteiger partial charge in [0.1, 0.15) is 10.5 Å². The van der Waals surface area contributed by atoms with E-state index in [9.17, 15) is 0 Å².